The molecule has 1 aromatic rings. The van der Waals surface area contributed by atoms with Crippen molar-refractivity contribution >= 4 is 5.96 Å². The van der Waals surface area contributed by atoms with E-state index in [9.17, 15) is 0 Å². The molecule has 0 saturated carbocycles. The average Bonchev–Trinajstić information content (AvgIpc) is 2.49. The summed E-state index contributed by atoms with van der Waals surface area (Å²) >= 11 is 0. The first-order valence-electron chi connectivity index (χ1n) is 8.16. The first kappa shape index (κ1) is 18.5. The lowest BCUT2D eigenvalue weighted by Gasteiger charge is -2.22. The first-order chi connectivity index (χ1) is 10.4. The molecular formula is C18H32N4. The van der Waals surface area contributed by atoms with Gasteiger partial charge in [0.25, 0.3) is 0 Å². The van der Waals surface area contributed by atoms with Gasteiger partial charge < -0.3 is 16.0 Å². The molecule has 0 aliphatic heterocycles. The van der Waals surface area contributed by atoms with Crippen LogP contribution in [0, 0.1) is 0 Å². The minimum atomic E-state index is 0.146. The third-order valence-corrected chi connectivity index (χ3v) is 3.54. The molecule has 1 unspecified atom stereocenters. The Labute approximate surface area is 135 Å². The van der Waals surface area contributed by atoms with Crippen molar-refractivity contribution in [1.29, 1.82) is 0 Å². The molecule has 1 rings (SSSR count). The Morgan fingerprint density at radius 3 is 2.27 bits per heavy atom. The molecule has 1 aromatic carbocycles. The summed E-state index contributed by atoms with van der Waals surface area (Å²) in [5.41, 5.74) is 2.78. The van der Waals surface area contributed by atoms with Gasteiger partial charge in [-0.25, -0.2) is 0 Å². The summed E-state index contributed by atoms with van der Waals surface area (Å²) in [6.45, 7) is 12.6. The minimum absolute atomic E-state index is 0.146. The summed E-state index contributed by atoms with van der Waals surface area (Å²) < 4.78 is 0. The highest BCUT2D eigenvalue weighted by Gasteiger charge is 2.09. The van der Waals surface area contributed by atoms with Gasteiger partial charge in [0.05, 0.1) is 6.04 Å². The van der Waals surface area contributed by atoms with Gasteiger partial charge in [-0.05, 0) is 45.2 Å². The normalized spacial score (nSPS) is 13.8. The Bertz CT molecular complexity index is 457. The lowest BCUT2D eigenvalue weighted by molar-refractivity contribution is 0.428. The Kier molecular flexibility index (Phi) is 7.39. The van der Waals surface area contributed by atoms with E-state index in [0.717, 1.165) is 25.5 Å². The highest BCUT2D eigenvalue weighted by molar-refractivity contribution is 5.80. The molecular weight excluding hydrogens is 272 g/mol. The standard InChI is InChI=1S/C18H32N4/c1-7-15-8-10-16(11-9-15)14(2)22-17(19-6)20-12-13-21-18(3,4)5/h8-11,14,21H,7,12-13H2,1-6H3,(H2,19,20,22). The molecule has 22 heavy (non-hydrogen) atoms. The van der Waals surface area contributed by atoms with Gasteiger partial charge in [0, 0.05) is 25.7 Å². The van der Waals surface area contributed by atoms with E-state index in [4.69, 9.17) is 0 Å². The zero-order valence-corrected chi connectivity index (χ0v) is 15.0. The molecule has 0 amide bonds. The maximum Gasteiger partial charge on any atom is 0.191 e. The van der Waals surface area contributed by atoms with E-state index in [1.165, 1.54) is 11.1 Å². The fourth-order valence-electron chi connectivity index (χ4n) is 2.14. The van der Waals surface area contributed by atoms with Crippen molar-refractivity contribution < 1.29 is 0 Å². The van der Waals surface area contributed by atoms with Crippen LogP contribution < -0.4 is 16.0 Å². The van der Waals surface area contributed by atoms with Crippen molar-refractivity contribution in [2.75, 3.05) is 20.1 Å². The molecule has 0 fully saturated rings. The number of hydrogen-bond acceptors (Lipinski definition) is 2. The smallest absolute Gasteiger partial charge is 0.191 e. The monoisotopic (exact) mass is 304 g/mol. The van der Waals surface area contributed by atoms with E-state index in [2.05, 4.69) is 79.8 Å². The van der Waals surface area contributed by atoms with E-state index in [1.54, 1.807) is 7.05 Å². The number of nitrogens with zero attached hydrogens (tertiary/aromatic N) is 1. The van der Waals surface area contributed by atoms with Crippen LogP contribution in [-0.4, -0.2) is 31.6 Å². The topological polar surface area (TPSA) is 48.5 Å². The number of hydrogen-bond donors (Lipinski definition) is 3. The summed E-state index contributed by atoms with van der Waals surface area (Å²) in [6.07, 6.45) is 1.08. The van der Waals surface area contributed by atoms with Gasteiger partial charge in [-0.2, -0.15) is 0 Å². The number of nitrogens with one attached hydrogen (secondary N) is 3. The molecule has 0 bridgehead atoms. The molecule has 4 heteroatoms. The second kappa shape index (κ2) is 8.79. The Morgan fingerprint density at radius 2 is 1.77 bits per heavy atom. The van der Waals surface area contributed by atoms with Crippen LogP contribution in [0.5, 0.6) is 0 Å². The quantitative estimate of drug-likeness (QED) is 0.430. The highest BCUT2D eigenvalue weighted by Crippen LogP contribution is 2.13. The van der Waals surface area contributed by atoms with Crippen LogP contribution >= 0.6 is 0 Å². The van der Waals surface area contributed by atoms with E-state index in [1.807, 2.05) is 0 Å². The molecule has 1 atom stereocenters. The van der Waals surface area contributed by atoms with Crippen molar-refractivity contribution in [3.05, 3.63) is 35.4 Å². The summed E-state index contributed by atoms with van der Waals surface area (Å²) in [5, 5.41) is 10.2. The summed E-state index contributed by atoms with van der Waals surface area (Å²) in [4.78, 5) is 4.29. The average molecular weight is 304 g/mol. The van der Waals surface area contributed by atoms with Gasteiger partial charge >= 0.3 is 0 Å². The largest absolute Gasteiger partial charge is 0.355 e. The number of guanidine groups is 1. The van der Waals surface area contributed by atoms with E-state index >= 15 is 0 Å². The lowest BCUT2D eigenvalue weighted by Crippen LogP contribution is -2.45. The van der Waals surface area contributed by atoms with Gasteiger partial charge in [-0.3, -0.25) is 4.99 Å². The van der Waals surface area contributed by atoms with Crippen molar-refractivity contribution in [2.45, 2.75) is 52.6 Å². The van der Waals surface area contributed by atoms with Gasteiger partial charge in [-0.1, -0.05) is 31.2 Å². The predicted octanol–water partition coefficient (Wildman–Crippen LogP) is 2.86. The molecule has 0 spiro atoms. The van der Waals surface area contributed by atoms with Gasteiger partial charge in [0.1, 0.15) is 0 Å². The van der Waals surface area contributed by atoms with Crippen LogP contribution in [0.25, 0.3) is 0 Å². The Hall–Kier alpha value is -1.55. The Morgan fingerprint density at radius 1 is 1.14 bits per heavy atom. The SMILES string of the molecule is CCc1ccc(C(C)NC(=NC)NCCNC(C)(C)C)cc1. The van der Waals surface area contributed by atoms with Crippen LogP contribution in [0.2, 0.25) is 0 Å². The molecule has 0 aliphatic carbocycles. The molecule has 0 heterocycles. The maximum atomic E-state index is 4.29. The van der Waals surface area contributed by atoms with Crippen LogP contribution in [-0.2, 0) is 6.42 Å². The molecule has 0 saturated heterocycles. The number of aliphatic imine (C=N–C) groups is 1. The zero-order chi connectivity index (χ0) is 16.6. The van der Waals surface area contributed by atoms with E-state index in [0.29, 0.717) is 0 Å². The second-order valence-corrected chi connectivity index (χ2v) is 6.64. The summed E-state index contributed by atoms with van der Waals surface area (Å²) in [5.74, 6) is 0.836. The number of aryl methyl sites for hydroxylation is 1. The van der Waals surface area contributed by atoms with Crippen molar-refractivity contribution in [2.24, 2.45) is 4.99 Å². The molecule has 0 aromatic heterocycles. The molecule has 0 aliphatic rings. The third kappa shape index (κ3) is 6.94. The highest BCUT2D eigenvalue weighted by atomic mass is 15.2. The fourth-order valence-corrected chi connectivity index (χ4v) is 2.14. The number of benzene rings is 1. The van der Waals surface area contributed by atoms with Crippen molar-refractivity contribution in [1.82, 2.24) is 16.0 Å². The fraction of sp³-hybridized carbons (Fsp3) is 0.611. The summed E-state index contributed by atoms with van der Waals surface area (Å²) in [6, 6.07) is 8.98. The minimum Gasteiger partial charge on any atom is -0.355 e. The zero-order valence-electron chi connectivity index (χ0n) is 15.0. The van der Waals surface area contributed by atoms with Crippen LogP contribution in [0.3, 0.4) is 0 Å². The van der Waals surface area contributed by atoms with Gasteiger partial charge in [-0.15, -0.1) is 0 Å². The van der Waals surface area contributed by atoms with Gasteiger partial charge in [0.15, 0.2) is 5.96 Å². The van der Waals surface area contributed by atoms with Crippen molar-refractivity contribution in [3.8, 4) is 0 Å². The van der Waals surface area contributed by atoms with Crippen molar-refractivity contribution in [3.63, 3.8) is 0 Å². The third-order valence-electron chi connectivity index (χ3n) is 3.54. The maximum absolute atomic E-state index is 4.29. The van der Waals surface area contributed by atoms with Crippen LogP contribution in [0.15, 0.2) is 29.3 Å². The molecule has 124 valence electrons. The van der Waals surface area contributed by atoms with E-state index < -0.39 is 0 Å². The molecule has 3 N–H and O–H groups in total. The van der Waals surface area contributed by atoms with Crippen LogP contribution in [0.4, 0.5) is 0 Å². The lowest BCUT2D eigenvalue weighted by atomic mass is 10.1. The Balaban J connectivity index is 2.44. The molecule has 0 radical (unpaired) electrons. The predicted molar refractivity (Wildman–Crippen MR) is 96.5 cm³/mol. The van der Waals surface area contributed by atoms with Crippen LogP contribution in [0.1, 0.15) is 51.8 Å². The summed E-state index contributed by atoms with van der Waals surface area (Å²) in [7, 11) is 1.80. The number of rotatable bonds is 6. The van der Waals surface area contributed by atoms with E-state index in [-0.39, 0.29) is 11.6 Å². The second-order valence-electron chi connectivity index (χ2n) is 6.64. The first-order valence-corrected chi connectivity index (χ1v) is 8.16. The molecule has 4 nitrogen and oxygen atoms in total. The van der Waals surface area contributed by atoms with Gasteiger partial charge in [0.2, 0.25) is 0 Å².